The normalized spacial score (nSPS) is 16.0. The van der Waals surface area contributed by atoms with Crippen LogP contribution in [0.15, 0.2) is 54.1 Å². The van der Waals surface area contributed by atoms with Gasteiger partial charge in [-0.2, -0.15) is 0 Å². The third kappa shape index (κ3) is 3.78. The SMILES string of the molecule is CN1C(=O)/C(=C/c2ccccc2OCc2cccc(F)c2)C(=O)NC1=S. The number of nitrogens with one attached hydrogen (secondary N) is 1. The monoisotopic (exact) mass is 370 g/mol. The molecule has 0 aliphatic carbocycles. The number of thiocarbonyl (C=S) groups is 1. The maximum Gasteiger partial charge on any atom is 0.265 e. The lowest BCUT2D eigenvalue weighted by Gasteiger charge is -2.25. The molecular weight excluding hydrogens is 355 g/mol. The standard InChI is InChI=1S/C19H15FN2O3S/c1-22-18(24)15(17(23)21-19(22)26)10-13-6-2-3-8-16(13)25-11-12-5-4-7-14(20)9-12/h2-10H,11H2,1H3,(H,21,23,26)/b15-10+. The van der Waals surface area contributed by atoms with Crippen molar-refractivity contribution in [1.29, 1.82) is 0 Å². The van der Waals surface area contributed by atoms with E-state index in [1.807, 2.05) is 0 Å². The second-order valence-electron chi connectivity index (χ2n) is 5.64. The minimum absolute atomic E-state index is 0.0390. The average Bonchev–Trinajstić information content (AvgIpc) is 2.62. The summed E-state index contributed by atoms with van der Waals surface area (Å²) < 4.78 is 19.0. The Morgan fingerprint density at radius 1 is 1.19 bits per heavy atom. The van der Waals surface area contributed by atoms with Crippen molar-refractivity contribution in [3.8, 4) is 5.75 Å². The lowest BCUT2D eigenvalue weighted by atomic mass is 10.1. The van der Waals surface area contributed by atoms with Crippen molar-refractivity contribution in [1.82, 2.24) is 10.2 Å². The fraction of sp³-hybridized carbons (Fsp3) is 0.105. The quantitative estimate of drug-likeness (QED) is 0.511. The Morgan fingerprint density at radius 2 is 1.96 bits per heavy atom. The third-order valence-electron chi connectivity index (χ3n) is 3.81. The summed E-state index contributed by atoms with van der Waals surface area (Å²) in [7, 11) is 1.49. The molecule has 0 unspecified atom stereocenters. The smallest absolute Gasteiger partial charge is 0.265 e. The molecule has 5 nitrogen and oxygen atoms in total. The van der Waals surface area contributed by atoms with Crippen molar-refractivity contribution in [3.05, 3.63) is 71.0 Å². The van der Waals surface area contributed by atoms with Gasteiger partial charge in [0.2, 0.25) is 0 Å². The Labute approximate surface area is 155 Å². The molecule has 2 aromatic carbocycles. The van der Waals surface area contributed by atoms with Gasteiger partial charge in [0, 0.05) is 12.6 Å². The predicted molar refractivity (Wildman–Crippen MR) is 98.7 cm³/mol. The summed E-state index contributed by atoms with van der Waals surface area (Å²) in [5.41, 5.74) is 1.19. The second-order valence-corrected chi connectivity index (χ2v) is 6.02. The summed E-state index contributed by atoms with van der Waals surface area (Å²) in [6, 6.07) is 13.1. The third-order valence-corrected chi connectivity index (χ3v) is 4.18. The number of carbonyl (C=O) groups is 2. The number of ether oxygens (including phenoxy) is 1. The molecule has 1 N–H and O–H groups in total. The molecule has 0 saturated carbocycles. The summed E-state index contributed by atoms with van der Waals surface area (Å²) in [6.45, 7) is 0.155. The van der Waals surface area contributed by atoms with Gasteiger partial charge in [0.25, 0.3) is 11.8 Å². The van der Waals surface area contributed by atoms with Crippen LogP contribution in [-0.4, -0.2) is 28.9 Å². The van der Waals surface area contributed by atoms with Gasteiger partial charge in [0.05, 0.1) is 0 Å². The first-order valence-corrected chi connectivity index (χ1v) is 8.18. The number of rotatable bonds is 4. The van der Waals surface area contributed by atoms with Crippen LogP contribution in [0.1, 0.15) is 11.1 Å². The maximum absolute atomic E-state index is 13.3. The van der Waals surface area contributed by atoms with Gasteiger partial charge in [0.15, 0.2) is 5.11 Å². The summed E-state index contributed by atoms with van der Waals surface area (Å²) in [5.74, 6) is -0.914. The lowest BCUT2D eigenvalue weighted by Crippen LogP contribution is -2.52. The van der Waals surface area contributed by atoms with Crippen LogP contribution in [0.25, 0.3) is 6.08 Å². The van der Waals surface area contributed by atoms with Crippen LogP contribution in [0.3, 0.4) is 0 Å². The van der Waals surface area contributed by atoms with Gasteiger partial charge in [-0.25, -0.2) is 4.39 Å². The van der Waals surface area contributed by atoms with E-state index in [9.17, 15) is 14.0 Å². The van der Waals surface area contributed by atoms with E-state index in [1.165, 1.54) is 30.2 Å². The first-order chi connectivity index (χ1) is 12.5. The lowest BCUT2D eigenvalue weighted by molar-refractivity contribution is -0.128. The number of hydrogen-bond donors (Lipinski definition) is 1. The van der Waals surface area contributed by atoms with Gasteiger partial charge in [-0.1, -0.05) is 30.3 Å². The molecule has 0 aromatic heterocycles. The molecule has 1 saturated heterocycles. The molecule has 26 heavy (non-hydrogen) atoms. The summed E-state index contributed by atoms with van der Waals surface area (Å²) in [6.07, 6.45) is 1.46. The van der Waals surface area contributed by atoms with Gasteiger partial charge >= 0.3 is 0 Å². The molecule has 2 aromatic rings. The number of nitrogens with zero attached hydrogens (tertiary/aromatic N) is 1. The number of amides is 2. The number of hydrogen-bond acceptors (Lipinski definition) is 4. The van der Waals surface area contributed by atoms with E-state index in [2.05, 4.69) is 5.32 Å². The van der Waals surface area contributed by atoms with Crippen molar-refractivity contribution in [2.45, 2.75) is 6.61 Å². The Morgan fingerprint density at radius 3 is 2.73 bits per heavy atom. The Hall–Kier alpha value is -3.06. The zero-order valence-corrected chi connectivity index (χ0v) is 14.7. The van der Waals surface area contributed by atoms with Crippen LogP contribution < -0.4 is 10.1 Å². The van der Waals surface area contributed by atoms with E-state index in [4.69, 9.17) is 17.0 Å². The van der Waals surface area contributed by atoms with E-state index in [0.29, 0.717) is 16.9 Å². The maximum atomic E-state index is 13.3. The highest BCUT2D eigenvalue weighted by molar-refractivity contribution is 7.80. The number of halogens is 1. The van der Waals surface area contributed by atoms with Gasteiger partial charge in [-0.3, -0.25) is 19.8 Å². The highest BCUT2D eigenvalue weighted by Crippen LogP contribution is 2.23. The van der Waals surface area contributed by atoms with Crippen molar-refractivity contribution in [3.63, 3.8) is 0 Å². The fourth-order valence-corrected chi connectivity index (χ4v) is 2.60. The molecule has 7 heteroatoms. The largest absolute Gasteiger partial charge is 0.488 e. The van der Waals surface area contributed by atoms with E-state index in [0.717, 1.165) is 0 Å². The minimum Gasteiger partial charge on any atom is -0.488 e. The average molecular weight is 370 g/mol. The molecule has 1 aliphatic rings. The fourth-order valence-electron chi connectivity index (χ4n) is 2.42. The highest BCUT2D eigenvalue weighted by Gasteiger charge is 2.30. The number of likely N-dealkylation sites (N-methyl/N-ethyl adjacent to an activating group) is 1. The van der Waals surface area contributed by atoms with Crippen LogP contribution in [0, 0.1) is 5.82 Å². The van der Waals surface area contributed by atoms with Crippen LogP contribution >= 0.6 is 12.2 Å². The molecule has 0 atom stereocenters. The van der Waals surface area contributed by atoms with Crippen LogP contribution in [0.5, 0.6) is 5.75 Å². The molecule has 0 spiro atoms. The number of para-hydroxylation sites is 1. The van der Waals surface area contributed by atoms with Crippen LogP contribution in [0.2, 0.25) is 0 Å². The summed E-state index contributed by atoms with van der Waals surface area (Å²) in [4.78, 5) is 25.6. The molecule has 3 rings (SSSR count). The summed E-state index contributed by atoms with van der Waals surface area (Å²) >= 11 is 4.92. The molecule has 1 aliphatic heterocycles. The zero-order valence-electron chi connectivity index (χ0n) is 13.9. The first kappa shape index (κ1) is 17.8. The highest BCUT2D eigenvalue weighted by atomic mass is 32.1. The Balaban J connectivity index is 1.86. The number of carbonyl (C=O) groups excluding carboxylic acids is 2. The van der Waals surface area contributed by atoms with Crippen molar-refractivity contribution >= 4 is 35.2 Å². The second kappa shape index (κ2) is 7.45. The first-order valence-electron chi connectivity index (χ1n) is 7.77. The van der Waals surface area contributed by atoms with E-state index < -0.39 is 11.8 Å². The summed E-state index contributed by atoms with van der Waals surface area (Å²) in [5, 5.41) is 2.52. The zero-order chi connectivity index (χ0) is 18.7. The van der Waals surface area contributed by atoms with E-state index >= 15 is 0 Å². The Bertz CT molecular complexity index is 927. The van der Waals surface area contributed by atoms with Crippen molar-refractivity contribution in [2.24, 2.45) is 0 Å². The van der Waals surface area contributed by atoms with E-state index in [-0.39, 0.29) is 23.1 Å². The van der Waals surface area contributed by atoms with Gasteiger partial charge in [0.1, 0.15) is 23.7 Å². The number of benzene rings is 2. The minimum atomic E-state index is -0.557. The molecule has 0 radical (unpaired) electrons. The topological polar surface area (TPSA) is 58.6 Å². The van der Waals surface area contributed by atoms with Gasteiger partial charge < -0.3 is 4.74 Å². The van der Waals surface area contributed by atoms with Crippen molar-refractivity contribution < 1.29 is 18.7 Å². The molecule has 1 fully saturated rings. The van der Waals surface area contributed by atoms with Crippen LogP contribution in [-0.2, 0) is 16.2 Å². The van der Waals surface area contributed by atoms with Gasteiger partial charge in [-0.15, -0.1) is 0 Å². The molecule has 132 valence electrons. The van der Waals surface area contributed by atoms with Crippen molar-refractivity contribution in [2.75, 3.05) is 7.05 Å². The molecule has 0 bridgehead atoms. The molecule has 2 amide bonds. The van der Waals surface area contributed by atoms with E-state index in [1.54, 1.807) is 36.4 Å². The molecule has 1 heterocycles. The molecular formula is C19H15FN2O3S. The van der Waals surface area contributed by atoms with Gasteiger partial charge in [-0.05, 0) is 42.1 Å². The Kier molecular flexibility index (Phi) is 5.09. The predicted octanol–water partition coefficient (Wildman–Crippen LogP) is 2.66. The van der Waals surface area contributed by atoms with Crippen LogP contribution in [0.4, 0.5) is 4.39 Å².